The van der Waals surface area contributed by atoms with Crippen LogP contribution in [0.4, 0.5) is 11.4 Å². The Balaban J connectivity index is 2.30. The van der Waals surface area contributed by atoms with Gasteiger partial charge in [0.25, 0.3) is 0 Å². The monoisotopic (exact) mass is 300 g/mol. The molecule has 112 valence electrons. The molecule has 0 aliphatic heterocycles. The second-order valence-corrected chi connectivity index (χ2v) is 4.52. The van der Waals surface area contributed by atoms with Crippen LogP contribution >= 0.6 is 0 Å². The van der Waals surface area contributed by atoms with Crippen molar-refractivity contribution in [2.24, 2.45) is 10.2 Å². The second kappa shape index (κ2) is 6.04. The van der Waals surface area contributed by atoms with Crippen molar-refractivity contribution in [3.63, 3.8) is 0 Å². The van der Waals surface area contributed by atoms with Gasteiger partial charge in [0.2, 0.25) is 0 Å². The van der Waals surface area contributed by atoms with Crippen molar-refractivity contribution in [2.75, 3.05) is 0 Å². The molecule has 7 heteroatoms. The summed E-state index contributed by atoms with van der Waals surface area (Å²) in [5.41, 5.74) is 0.945. The molecule has 2 aromatic carbocycles. The summed E-state index contributed by atoms with van der Waals surface area (Å²) in [5, 5.41) is 35.2. The number of carboxylic acid groups (broad SMARTS) is 2. The Labute approximate surface area is 125 Å². The van der Waals surface area contributed by atoms with E-state index in [2.05, 4.69) is 10.2 Å². The first kappa shape index (κ1) is 15.2. The van der Waals surface area contributed by atoms with E-state index in [1.54, 1.807) is 6.92 Å². The normalized spacial score (nSPS) is 10.8. The number of phenols is 1. The molecule has 0 spiro atoms. The smallest absolute Gasteiger partial charge is 0.339 e. The number of hydrogen-bond acceptors (Lipinski definition) is 5. The highest BCUT2D eigenvalue weighted by molar-refractivity contribution is 5.92. The molecule has 0 heterocycles. The van der Waals surface area contributed by atoms with Crippen molar-refractivity contribution >= 4 is 23.3 Å². The average molecular weight is 300 g/mol. The van der Waals surface area contributed by atoms with Crippen LogP contribution < -0.4 is 0 Å². The molecule has 7 nitrogen and oxygen atoms in total. The fraction of sp³-hybridized carbons (Fsp3) is 0.0667. The summed E-state index contributed by atoms with van der Waals surface area (Å²) in [7, 11) is 0. The Kier molecular flexibility index (Phi) is 4.17. The highest BCUT2D eigenvalue weighted by Crippen LogP contribution is 2.29. The molecular formula is C15H12N2O5. The molecule has 0 atom stereocenters. The van der Waals surface area contributed by atoms with Crippen LogP contribution in [0.25, 0.3) is 0 Å². The fourth-order valence-corrected chi connectivity index (χ4v) is 1.77. The van der Waals surface area contributed by atoms with Crippen LogP contribution in [0.1, 0.15) is 26.3 Å². The lowest BCUT2D eigenvalue weighted by Gasteiger charge is -2.04. The van der Waals surface area contributed by atoms with Gasteiger partial charge in [-0.05, 0) is 48.9 Å². The molecule has 0 saturated heterocycles. The molecule has 0 aliphatic carbocycles. The molecule has 0 saturated carbocycles. The van der Waals surface area contributed by atoms with E-state index in [-0.39, 0.29) is 22.6 Å². The molecule has 0 fully saturated rings. The van der Waals surface area contributed by atoms with Gasteiger partial charge in [-0.1, -0.05) is 0 Å². The summed E-state index contributed by atoms with van der Waals surface area (Å²) in [6, 6.07) is 8.45. The van der Waals surface area contributed by atoms with Gasteiger partial charge in [-0.2, -0.15) is 10.2 Å². The van der Waals surface area contributed by atoms with E-state index >= 15 is 0 Å². The van der Waals surface area contributed by atoms with Gasteiger partial charge in [0, 0.05) is 0 Å². The predicted molar refractivity (Wildman–Crippen MR) is 77.4 cm³/mol. The summed E-state index contributed by atoms with van der Waals surface area (Å²) >= 11 is 0. The lowest BCUT2D eigenvalue weighted by atomic mass is 10.1. The Hall–Kier alpha value is -3.22. The first-order valence-electron chi connectivity index (χ1n) is 6.20. The Morgan fingerprint density at radius 3 is 2.05 bits per heavy atom. The van der Waals surface area contributed by atoms with Gasteiger partial charge in [0.1, 0.15) is 11.3 Å². The third-order valence-electron chi connectivity index (χ3n) is 2.91. The van der Waals surface area contributed by atoms with E-state index in [0.717, 1.165) is 0 Å². The largest absolute Gasteiger partial charge is 0.507 e. The number of azo groups is 1. The van der Waals surface area contributed by atoms with Crippen LogP contribution in [0, 0.1) is 6.92 Å². The van der Waals surface area contributed by atoms with Crippen molar-refractivity contribution in [2.45, 2.75) is 6.92 Å². The van der Waals surface area contributed by atoms with Gasteiger partial charge in [-0.3, -0.25) is 0 Å². The number of rotatable bonds is 4. The molecule has 0 unspecified atom stereocenters. The van der Waals surface area contributed by atoms with Crippen LogP contribution in [-0.4, -0.2) is 27.3 Å². The minimum Gasteiger partial charge on any atom is -0.507 e. The van der Waals surface area contributed by atoms with E-state index in [0.29, 0.717) is 11.3 Å². The SMILES string of the molecule is Cc1cc(N=Nc2ccc(C(=O)O)cc2)cc(C(=O)O)c1O. The minimum absolute atomic E-state index is 0.132. The Bertz CT molecular complexity index is 766. The van der Waals surface area contributed by atoms with Crippen LogP contribution in [-0.2, 0) is 0 Å². The summed E-state index contributed by atoms with van der Waals surface area (Å²) in [4.78, 5) is 21.7. The quantitative estimate of drug-likeness (QED) is 0.746. The van der Waals surface area contributed by atoms with E-state index in [1.807, 2.05) is 0 Å². The van der Waals surface area contributed by atoms with E-state index < -0.39 is 11.9 Å². The third kappa shape index (κ3) is 3.26. The van der Waals surface area contributed by atoms with Gasteiger partial charge >= 0.3 is 11.9 Å². The van der Waals surface area contributed by atoms with Gasteiger partial charge in [-0.25, -0.2) is 9.59 Å². The number of aromatic carboxylic acids is 2. The zero-order chi connectivity index (χ0) is 16.3. The van der Waals surface area contributed by atoms with Crippen molar-refractivity contribution in [1.29, 1.82) is 0 Å². The first-order valence-corrected chi connectivity index (χ1v) is 6.20. The maximum Gasteiger partial charge on any atom is 0.339 e. The van der Waals surface area contributed by atoms with Gasteiger partial charge < -0.3 is 15.3 Å². The summed E-state index contributed by atoms with van der Waals surface area (Å²) < 4.78 is 0. The van der Waals surface area contributed by atoms with Crippen LogP contribution in [0.2, 0.25) is 0 Å². The number of carboxylic acids is 2. The van der Waals surface area contributed by atoms with Crippen LogP contribution in [0.3, 0.4) is 0 Å². The van der Waals surface area contributed by atoms with Gasteiger partial charge in [0.05, 0.1) is 16.9 Å². The van der Waals surface area contributed by atoms with E-state index in [1.165, 1.54) is 36.4 Å². The third-order valence-corrected chi connectivity index (χ3v) is 2.91. The average Bonchev–Trinajstić information content (AvgIpc) is 2.48. The molecule has 0 aliphatic rings. The number of benzene rings is 2. The molecule has 2 aromatic rings. The first-order chi connectivity index (χ1) is 10.4. The summed E-state index contributed by atoms with van der Waals surface area (Å²) in [5.74, 6) is -2.61. The maximum absolute atomic E-state index is 11.0. The molecule has 0 radical (unpaired) electrons. The standard InChI is InChI=1S/C15H12N2O5/c1-8-6-11(7-12(13(8)18)15(21)22)17-16-10-4-2-9(3-5-10)14(19)20/h2-7,18H,1H3,(H,19,20)(H,21,22). The summed E-state index contributed by atoms with van der Waals surface area (Å²) in [6.45, 7) is 1.56. The topological polar surface area (TPSA) is 120 Å². The lowest BCUT2D eigenvalue weighted by Crippen LogP contribution is -1.97. The van der Waals surface area contributed by atoms with Crippen molar-refractivity contribution in [3.05, 3.63) is 53.1 Å². The highest BCUT2D eigenvalue weighted by Gasteiger charge is 2.13. The second-order valence-electron chi connectivity index (χ2n) is 4.52. The Morgan fingerprint density at radius 2 is 1.50 bits per heavy atom. The van der Waals surface area contributed by atoms with E-state index in [4.69, 9.17) is 10.2 Å². The van der Waals surface area contributed by atoms with Crippen LogP contribution in [0.5, 0.6) is 5.75 Å². The number of hydrogen-bond donors (Lipinski definition) is 3. The number of carbonyl (C=O) groups is 2. The molecule has 22 heavy (non-hydrogen) atoms. The lowest BCUT2D eigenvalue weighted by molar-refractivity contribution is 0.0684. The Morgan fingerprint density at radius 1 is 0.909 bits per heavy atom. The maximum atomic E-state index is 11.0. The molecule has 0 amide bonds. The number of aromatic hydroxyl groups is 1. The van der Waals surface area contributed by atoms with Crippen molar-refractivity contribution in [3.8, 4) is 5.75 Å². The number of nitrogens with zero attached hydrogens (tertiary/aromatic N) is 2. The molecule has 2 rings (SSSR count). The molecular weight excluding hydrogens is 288 g/mol. The minimum atomic E-state index is -1.26. The van der Waals surface area contributed by atoms with E-state index in [9.17, 15) is 14.7 Å². The van der Waals surface area contributed by atoms with Gasteiger partial charge in [-0.15, -0.1) is 0 Å². The molecule has 3 N–H and O–H groups in total. The number of aryl methyl sites for hydroxylation is 1. The van der Waals surface area contributed by atoms with Crippen molar-refractivity contribution in [1.82, 2.24) is 0 Å². The molecule has 0 bridgehead atoms. The van der Waals surface area contributed by atoms with Gasteiger partial charge in [0.15, 0.2) is 0 Å². The zero-order valence-electron chi connectivity index (χ0n) is 11.5. The fourth-order valence-electron chi connectivity index (χ4n) is 1.77. The molecule has 0 aromatic heterocycles. The zero-order valence-corrected chi connectivity index (χ0v) is 11.5. The summed E-state index contributed by atoms with van der Waals surface area (Å²) in [6.07, 6.45) is 0. The highest BCUT2D eigenvalue weighted by atomic mass is 16.4. The van der Waals surface area contributed by atoms with Crippen LogP contribution in [0.15, 0.2) is 46.6 Å². The predicted octanol–water partition coefficient (Wildman–Crippen LogP) is 3.51. The van der Waals surface area contributed by atoms with Crippen molar-refractivity contribution < 1.29 is 24.9 Å².